The van der Waals surface area contributed by atoms with Crippen molar-refractivity contribution >= 4 is 0 Å². The second kappa shape index (κ2) is 6.80. The van der Waals surface area contributed by atoms with E-state index in [9.17, 15) is 0 Å². The van der Waals surface area contributed by atoms with E-state index in [1.165, 1.54) is 24.8 Å². The van der Waals surface area contributed by atoms with Crippen molar-refractivity contribution < 1.29 is 9.47 Å². The van der Waals surface area contributed by atoms with Crippen molar-refractivity contribution in [1.82, 2.24) is 5.32 Å². The van der Waals surface area contributed by atoms with Crippen LogP contribution >= 0.6 is 0 Å². The summed E-state index contributed by atoms with van der Waals surface area (Å²) in [7, 11) is 0. The Morgan fingerprint density at radius 1 is 1.29 bits per heavy atom. The molecule has 2 aliphatic heterocycles. The van der Waals surface area contributed by atoms with Crippen LogP contribution in [0.1, 0.15) is 51.1 Å². The van der Waals surface area contributed by atoms with Crippen LogP contribution in [0.15, 0.2) is 24.3 Å². The van der Waals surface area contributed by atoms with Gasteiger partial charge in [0.05, 0.1) is 18.8 Å². The molecule has 0 aliphatic carbocycles. The molecule has 2 bridgehead atoms. The van der Waals surface area contributed by atoms with Gasteiger partial charge in [0.15, 0.2) is 0 Å². The van der Waals surface area contributed by atoms with Crippen LogP contribution in [-0.4, -0.2) is 25.4 Å². The summed E-state index contributed by atoms with van der Waals surface area (Å²) < 4.78 is 11.9. The number of nitrogens with one attached hydrogen (secondary N) is 1. The van der Waals surface area contributed by atoms with Crippen molar-refractivity contribution in [3.05, 3.63) is 29.8 Å². The van der Waals surface area contributed by atoms with Gasteiger partial charge in [0.25, 0.3) is 0 Å². The summed E-state index contributed by atoms with van der Waals surface area (Å²) in [5.41, 5.74) is 1.30. The van der Waals surface area contributed by atoms with Gasteiger partial charge in [0.2, 0.25) is 0 Å². The molecular weight excluding hydrogens is 262 g/mol. The van der Waals surface area contributed by atoms with E-state index in [-0.39, 0.29) is 0 Å². The molecule has 21 heavy (non-hydrogen) atoms. The Kier molecular flexibility index (Phi) is 4.81. The second-order valence-corrected chi connectivity index (χ2v) is 6.18. The molecule has 3 rings (SSSR count). The predicted octanol–water partition coefficient (Wildman–Crippen LogP) is 3.69. The highest BCUT2D eigenvalue weighted by atomic mass is 16.5. The number of rotatable bonds is 7. The first kappa shape index (κ1) is 14.9. The van der Waals surface area contributed by atoms with E-state index < -0.39 is 0 Å². The van der Waals surface area contributed by atoms with Crippen LogP contribution in [0.4, 0.5) is 0 Å². The summed E-state index contributed by atoms with van der Waals surface area (Å²) in [6.45, 7) is 6.02. The van der Waals surface area contributed by atoms with Crippen molar-refractivity contribution in [3.63, 3.8) is 0 Å². The van der Waals surface area contributed by atoms with Crippen molar-refractivity contribution in [1.29, 1.82) is 0 Å². The molecule has 1 aromatic carbocycles. The first-order valence-corrected chi connectivity index (χ1v) is 8.44. The molecule has 2 saturated heterocycles. The molecule has 0 spiro atoms. The van der Waals surface area contributed by atoms with Gasteiger partial charge >= 0.3 is 0 Å². The molecule has 1 N–H and O–H groups in total. The number of fused-ring (bicyclic) bond motifs is 2. The highest BCUT2D eigenvalue weighted by molar-refractivity contribution is 5.37. The molecule has 3 nitrogen and oxygen atoms in total. The highest BCUT2D eigenvalue weighted by Crippen LogP contribution is 2.46. The standard InChI is InChI=1S/C18H27NO2/c1-3-11-19-18(15-12-13-9-10-17(15)21-13)14-7-5-6-8-16(14)20-4-2/h5-8,13,15,17-19H,3-4,9-12H2,1-2H3. The first-order valence-electron chi connectivity index (χ1n) is 8.44. The minimum Gasteiger partial charge on any atom is -0.494 e. The molecule has 0 saturated carbocycles. The second-order valence-electron chi connectivity index (χ2n) is 6.18. The smallest absolute Gasteiger partial charge is 0.124 e. The maximum Gasteiger partial charge on any atom is 0.124 e. The first-order chi connectivity index (χ1) is 10.3. The quantitative estimate of drug-likeness (QED) is 0.830. The Morgan fingerprint density at radius 2 is 2.14 bits per heavy atom. The van der Waals surface area contributed by atoms with Crippen LogP contribution in [-0.2, 0) is 4.74 Å². The van der Waals surface area contributed by atoms with Crippen LogP contribution in [0.2, 0.25) is 0 Å². The van der Waals surface area contributed by atoms with E-state index in [2.05, 4.69) is 36.5 Å². The highest BCUT2D eigenvalue weighted by Gasteiger charge is 2.45. The zero-order chi connectivity index (χ0) is 14.7. The van der Waals surface area contributed by atoms with Crippen LogP contribution < -0.4 is 10.1 Å². The Morgan fingerprint density at radius 3 is 2.81 bits per heavy atom. The molecule has 0 radical (unpaired) electrons. The van der Waals surface area contributed by atoms with Gasteiger partial charge in [-0.05, 0) is 45.2 Å². The fraction of sp³-hybridized carbons (Fsp3) is 0.667. The summed E-state index contributed by atoms with van der Waals surface area (Å²) in [5.74, 6) is 1.60. The molecular formula is C18H27NO2. The van der Waals surface area contributed by atoms with Gasteiger partial charge in [0, 0.05) is 17.5 Å². The zero-order valence-electron chi connectivity index (χ0n) is 13.2. The summed E-state index contributed by atoms with van der Waals surface area (Å²) >= 11 is 0. The molecule has 0 aromatic heterocycles. The van der Waals surface area contributed by atoms with Gasteiger partial charge in [0.1, 0.15) is 5.75 Å². The number of hydrogen-bond acceptors (Lipinski definition) is 3. The van der Waals surface area contributed by atoms with Crippen molar-refractivity contribution in [2.75, 3.05) is 13.2 Å². The Balaban J connectivity index is 1.85. The maximum absolute atomic E-state index is 6.09. The lowest BCUT2D eigenvalue weighted by Gasteiger charge is -2.31. The lowest BCUT2D eigenvalue weighted by atomic mass is 9.80. The van der Waals surface area contributed by atoms with Gasteiger partial charge in [-0.1, -0.05) is 25.1 Å². The third kappa shape index (κ3) is 3.09. The largest absolute Gasteiger partial charge is 0.494 e. The summed E-state index contributed by atoms with van der Waals surface area (Å²) in [5, 5.41) is 3.75. The summed E-state index contributed by atoms with van der Waals surface area (Å²) in [6.07, 6.45) is 5.72. The fourth-order valence-corrected chi connectivity index (χ4v) is 3.84. The minimum atomic E-state index is 0.350. The summed E-state index contributed by atoms with van der Waals surface area (Å²) in [4.78, 5) is 0. The fourth-order valence-electron chi connectivity index (χ4n) is 3.84. The molecule has 3 heteroatoms. The number of hydrogen-bond donors (Lipinski definition) is 1. The Hall–Kier alpha value is -1.06. The lowest BCUT2D eigenvalue weighted by Crippen LogP contribution is -2.34. The molecule has 116 valence electrons. The van der Waals surface area contributed by atoms with Crippen LogP contribution in [0.25, 0.3) is 0 Å². The molecule has 4 atom stereocenters. The van der Waals surface area contributed by atoms with E-state index in [1.54, 1.807) is 0 Å². The van der Waals surface area contributed by atoms with E-state index in [1.807, 2.05) is 6.92 Å². The van der Waals surface area contributed by atoms with Crippen LogP contribution in [0.3, 0.4) is 0 Å². The van der Waals surface area contributed by atoms with E-state index in [0.717, 1.165) is 18.7 Å². The topological polar surface area (TPSA) is 30.5 Å². The number of para-hydroxylation sites is 1. The molecule has 2 heterocycles. The Bertz CT molecular complexity index is 462. The maximum atomic E-state index is 6.09. The number of benzene rings is 1. The molecule has 0 amide bonds. The van der Waals surface area contributed by atoms with E-state index in [0.29, 0.717) is 30.8 Å². The van der Waals surface area contributed by atoms with Crippen molar-refractivity contribution in [3.8, 4) is 5.75 Å². The molecule has 4 unspecified atom stereocenters. The predicted molar refractivity (Wildman–Crippen MR) is 84.6 cm³/mol. The average Bonchev–Trinajstić information content (AvgIpc) is 3.12. The normalized spacial score (nSPS) is 28.8. The molecule has 1 aromatic rings. The minimum absolute atomic E-state index is 0.350. The van der Waals surface area contributed by atoms with Gasteiger partial charge < -0.3 is 14.8 Å². The third-order valence-corrected chi connectivity index (χ3v) is 4.75. The van der Waals surface area contributed by atoms with Gasteiger partial charge in [-0.15, -0.1) is 0 Å². The van der Waals surface area contributed by atoms with Gasteiger partial charge in [-0.2, -0.15) is 0 Å². The SMILES string of the molecule is CCCNC(c1ccccc1OCC)C1CC2CCC1O2. The molecule has 2 fully saturated rings. The summed E-state index contributed by atoms with van der Waals surface area (Å²) in [6, 6.07) is 8.83. The number of ether oxygens (including phenoxy) is 2. The monoisotopic (exact) mass is 289 g/mol. The Labute approximate surface area is 128 Å². The van der Waals surface area contributed by atoms with E-state index in [4.69, 9.17) is 9.47 Å². The van der Waals surface area contributed by atoms with Crippen LogP contribution in [0.5, 0.6) is 5.75 Å². The van der Waals surface area contributed by atoms with Crippen molar-refractivity contribution in [2.45, 2.75) is 57.8 Å². The zero-order valence-corrected chi connectivity index (χ0v) is 13.2. The average molecular weight is 289 g/mol. The lowest BCUT2D eigenvalue weighted by molar-refractivity contribution is 0.0854. The van der Waals surface area contributed by atoms with Gasteiger partial charge in [-0.25, -0.2) is 0 Å². The van der Waals surface area contributed by atoms with Crippen molar-refractivity contribution in [2.24, 2.45) is 5.92 Å². The third-order valence-electron chi connectivity index (χ3n) is 4.75. The van der Waals surface area contributed by atoms with Crippen LogP contribution in [0, 0.1) is 5.92 Å². The van der Waals surface area contributed by atoms with E-state index >= 15 is 0 Å². The van der Waals surface area contributed by atoms with Gasteiger partial charge in [-0.3, -0.25) is 0 Å². The molecule has 2 aliphatic rings.